The molecule has 2 amide bonds. The number of fused-ring (bicyclic) bond motifs is 5. The van der Waals surface area contributed by atoms with Crippen molar-refractivity contribution < 1.29 is 38.7 Å². The molecule has 0 spiro atoms. The van der Waals surface area contributed by atoms with Crippen molar-refractivity contribution in [2.75, 3.05) is 5.32 Å². The summed E-state index contributed by atoms with van der Waals surface area (Å²) < 4.78 is 102. The van der Waals surface area contributed by atoms with E-state index in [2.05, 4.69) is 59.1 Å². The number of hydrogen-bond donors (Lipinski definition) is 2. The molecule has 1 heterocycles. The summed E-state index contributed by atoms with van der Waals surface area (Å²) in [6.45, 7) is 22.0. The lowest BCUT2D eigenvalue weighted by Crippen LogP contribution is -2.73. The summed E-state index contributed by atoms with van der Waals surface area (Å²) in [5.74, 6) is -1.47. The van der Waals surface area contributed by atoms with E-state index in [0.29, 0.717) is 12.8 Å². The first-order chi connectivity index (χ1) is 22.7. The fourth-order valence-electron chi connectivity index (χ4n) is 12.4. The third-order valence-electron chi connectivity index (χ3n) is 14.5. The number of halogens is 6. The molecule has 0 unspecified atom stereocenters. The summed E-state index contributed by atoms with van der Waals surface area (Å²) >= 11 is 0. The number of anilines is 1. The fraction of sp³-hybridized carbons (Fsp3) is 0.737. The van der Waals surface area contributed by atoms with Gasteiger partial charge in [-0.3, -0.25) is 9.59 Å². The van der Waals surface area contributed by atoms with Gasteiger partial charge in [-0.1, -0.05) is 61.0 Å². The van der Waals surface area contributed by atoms with Crippen LogP contribution in [0.25, 0.3) is 0 Å². The molecule has 3 saturated carbocycles. The van der Waals surface area contributed by atoms with Crippen LogP contribution in [0.4, 0.5) is 32.0 Å². The van der Waals surface area contributed by atoms with Gasteiger partial charge in [-0.15, -0.1) is 0 Å². The van der Waals surface area contributed by atoms with Crippen LogP contribution in [0.3, 0.4) is 0 Å². The maximum atomic E-state index is 14.6. The van der Waals surface area contributed by atoms with Gasteiger partial charge in [0.2, 0.25) is 11.8 Å². The van der Waals surface area contributed by atoms with E-state index >= 15 is 0 Å². The van der Waals surface area contributed by atoms with Crippen LogP contribution in [0.1, 0.15) is 114 Å². The maximum Gasteiger partial charge on any atom is 0.418 e. The molecular weight excluding hydrogens is 630 g/mol. The van der Waals surface area contributed by atoms with Crippen LogP contribution < -0.4 is 10.6 Å². The Morgan fingerprint density at radius 3 is 1.98 bits per heavy atom. The Morgan fingerprint density at radius 1 is 0.896 bits per heavy atom. The lowest BCUT2D eigenvalue weighted by Gasteiger charge is -2.75. The third kappa shape index (κ3) is 4.61. The normalized spacial score (nSPS) is 35.1. The van der Waals surface area contributed by atoms with E-state index in [9.17, 15) is 35.9 Å². The molecule has 0 saturated heterocycles. The molecule has 1 aromatic carbocycles. The molecule has 2 N–H and O–H groups in total. The Kier molecular flexibility index (Phi) is 7.95. The summed E-state index contributed by atoms with van der Waals surface area (Å²) in [4.78, 5) is 27.8. The molecule has 4 nitrogen and oxygen atoms in total. The zero-order chi connectivity index (χ0) is 38.1. The van der Waals surface area contributed by atoms with Crippen LogP contribution in [0.15, 0.2) is 23.2 Å². The number of alkyl halides is 6. The van der Waals surface area contributed by atoms with Crippen molar-refractivity contribution >= 4 is 17.5 Å². The number of amides is 2. The Bertz CT molecular complexity index is 1640. The number of benzene rings is 1. The molecular formula is C38H52F6N2O2. The molecule has 1 aliphatic heterocycles. The summed E-state index contributed by atoms with van der Waals surface area (Å²) in [7, 11) is 0. The van der Waals surface area contributed by atoms with Gasteiger partial charge in [-0.2, -0.15) is 26.3 Å². The zero-order valence-electron chi connectivity index (χ0n) is 32.0. The van der Waals surface area contributed by atoms with Crippen LogP contribution in [-0.4, -0.2) is 17.9 Å². The van der Waals surface area contributed by atoms with Gasteiger partial charge in [0, 0.05) is 22.9 Å². The predicted octanol–water partition coefficient (Wildman–Crippen LogP) is 10.2. The Labute approximate surface area is 284 Å². The van der Waals surface area contributed by atoms with Crippen LogP contribution >= 0.6 is 0 Å². The zero-order valence-corrected chi connectivity index (χ0v) is 30.0. The average Bonchev–Trinajstić information content (AvgIpc) is 3.39. The fourth-order valence-corrected chi connectivity index (χ4v) is 12.4. The van der Waals surface area contributed by atoms with Crippen LogP contribution in [0.5, 0.6) is 0 Å². The first-order valence-corrected chi connectivity index (χ1v) is 17.2. The van der Waals surface area contributed by atoms with E-state index in [0.717, 1.165) is 30.9 Å². The second kappa shape index (κ2) is 11.2. The summed E-state index contributed by atoms with van der Waals surface area (Å²) in [5, 5.41) is 5.68. The van der Waals surface area contributed by atoms with E-state index in [1.165, 1.54) is 0 Å². The summed E-state index contributed by atoms with van der Waals surface area (Å²) in [5.41, 5.74) is -5.86. The van der Waals surface area contributed by atoms with Gasteiger partial charge < -0.3 is 10.6 Å². The van der Waals surface area contributed by atoms with Crippen molar-refractivity contribution in [3.05, 3.63) is 39.9 Å². The van der Waals surface area contributed by atoms with Gasteiger partial charge in [0.25, 0.3) is 0 Å². The average molecular weight is 685 g/mol. The first-order valence-electron chi connectivity index (χ1n) is 18.2. The van der Waals surface area contributed by atoms with Crippen molar-refractivity contribution in [3.8, 4) is 0 Å². The molecule has 10 heteroatoms. The predicted molar refractivity (Wildman–Crippen MR) is 175 cm³/mol. The highest BCUT2D eigenvalue weighted by Gasteiger charge is 2.76. The lowest BCUT2D eigenvalue weighted by molar-refractivity contribution is -0.255. The Balaban J connectivity index is 1.71. The van der Waals surface area contributed by atoms with Crippen molar-refractivity contribution in [2.24, 2.45) is 57.2 Å². The van der Waals surface area contributed by atoms with Crippen LogP contribution in [-0.2, 0) is 21.9 Å². The van der Waals surface area contributed by atoms with Crippen LogP contribution in [0, 0.1) is 64.1 Å². The van der Waals surface area contributed by atoms with Gasteiger partial charge in [0.15, 0.2) is 0 Å². The minimum atomic E-state index is -5.29. The minimum absolute atomic E-state index is 0.0233. The standard InChI is InChI=1S/C38H52F6N2O2/c1-18(2)35-22(7)20(5)31(47)45-28(35)17-12-23-25-14-16-27(36(25,19(3)4)34(10,11)33(8,9)30(23)35)32(48)46-29-21(6)24(37(39,40)41)13-15-26(29)38(42,43)44/h13,15,18-19,23,25,27-28,30H,12,14,16-17H2,1-11H3,(H,45,47)(H,46,48)/t23-,25-,27+,28+,30+,35-,36-/m0/s1/i13D,15D. The quantitative estimate of drug-likeness (QED) is 0.310. The Morgan fingerprint density at radius 2 is 1.46 bits per heavy atom. The topological polar surface area (TPSA) is 58.2 Å². The smallest absolute Gasteiger partial charge is 0.349 e. The van der Waals surface area contributed by atoms with Gasteiger partial charge in [-0.05, 0) is 110 Å². The van der Waals surface area contributed by atoms with Crippen LogP contribution in [0.2, 0.25) is 0 Å². The number of carbonyl (C=O) groups is 2. The molecule has 0 bridgehead atoms. The second-order valence-corrected chi connectivity index (χ2v) is 16.7. The minimum Gasteiger partial charge on any atom is -0.349 e. The highest BCUT2D eigenvalue weighted by Crippen LogP contribution is 2.79. The second-order valence-electron chi connectivity index (χ2n) is 16.7. The Hall–Kier alpha value is -2.52. The van der Waals surface area contributed by atoms with Crippen molar-refractivity contribution in [1.82, 2.24) is 5.32 Å². The van der Waals surface area contributed by atoms with Gasteiger partial charge in [0.1, 0.15) is 0 Å². The van der Waals surface area contributed by atoms with Crippen molar-refractivity contribution in [3.63, 3.8) is 0 Å². The summed E-state index contributed by atoms with van der Waals surface area (Å²) in [6, 6.07) is -3.27. The number of rotatable bonds is 4. The number of nitrogens with one attached hydrogen (secondary N) is 2. The monoisotopic (exact) mass is 684 g/mol. The molecule has 268 valence electrons. The largest absolute Gasteiger partial charge is 0.418 e. The highest BCUT2D eigenvalue weighted by molar-refractivity contribution is 5.96. The molecule has 0 aromatic heterocycles. The maximum absolute atomic E-state index is 14.6. The van der Waals surface area contributed by atoms with Crippen molar-refractivity contribution in [2.45, 2.75) is 120 Å². The molecule has 48 heavy (non-hydrogen) atoms. The molecule has 7 atom stereocenters. The van der Waals surface area contributed by atoms with Crippen molar-refractivity contribution in [1.29, 1.82) is 0 Å². The molecule has 3 aliphatic carbocycles. The van der Waals surface area contributed by atoms with Gasteiger partial charge in [-0.25, -0.2) is 0 Å². The molecule has 1 aromatic rings. The third-order valence-corrected chi connectivity index (χ3v) is 14.5. The van der Waals surface area contributed by atoms with E-state index in [4.69, 9.17) is 2.74 Å². The lowest BCUT2D eigenvalue weighted by atomic mass is 9.30. The van der Waals surface area contributed by atoms with E-state index in [1.54, 1.807) is 0 Å². The number of hydrogen-bond acceptors (Lipinski definition) is 2. The van der Waals surface area contributed by atoms with Gasteiger partial charge >= 0.3 is 12.4 Å². The molecule has 5 rings (SSSR count). The molecule has 0 radical (unpaired) electrons. The van der Waals surface area contributed by atoms with E-state index < -0.39 is 74.9 Å². The SMILES string of the molecule is [2H]c1c([2H])c(C(F)(F)F)c(NC(=O)[C@H]2CC[C@H]3[C@@H]4CC[C@H]5NC(=O)C(C)=C(C)[C@]5(C(C)C)[C@H]4C(C)(C)C(C)(C)[C@]23C(C)C)c(C)c1C(F)(F)F. The molecule has 3 fully saturated rings. The van der Waals surface area contributed by atoms with E-state index in [-0.39, 0.29) is 47.0 Å². The summed E-state index contributed by atoms with van der Waals surface area (Å²) in [6.07, 6.45) is -8.00. The molecule has 4 aliphatic rings. The first kappa shape index (κ1) is 34.0. The highest BCUT2D eigenvalue weighted by atomic mass is 19.4. The number of carbonyl (C=O) groups excluding carboxylic acids is 2. The van der Waals surface area contributed by atoms with E-state index in [1.807, 2.05) is 20.8 Å². The van der Waals surface area contributed by atoms with Gasteiger partial charge in [0.05, 0.1) is 19.6 Å².